The summed E-state index contributed by atoms with van der Waals surface area (Å²) in [5.41, 5.74) is -3.34. The van der Waals surface area contributed by atoms with Gasteiger partial charge in [0, 0.05) is 0 Å². The number of nitrogens with zero attached hydrogens (tertiary/aromatic N) is 1. The highest BCUT2D eigenvalue weighted by Crippen LogP contribution is 2.35. The molecule has 0 aliphatic heterocycles. The SMILES string of the molecule is CCCCOc1c(F)c(F)c([N+](=O)[O-])c(C(=O)O)c1F. The van der Waals surface area contributed by atoms with Gasteiger partial charge in [-0.05, 0) is 6.42 Å². The van der Waals surface area contributed by atoms with Crippen molar-refractivity contribution in [3.63, 3.8) is 0 Å². The van der Waals surface area contributed by atoms with Crippen molar-refractivity contribution in [2.45, 2.75) is 19.8 Å². The number of unbranched alkanes of at least 4 members (excludes halogenated alkanes) is 1. The van der Waals surface area contributed by atoms with Gasteiger partial charge in [0.15, 0.2) is 17.1 Å². The lowest BCUT2D eigenvalue weighted by molar-refractivity contribution is -0.388. The summed E-state index contributed by atoms with van der Waals surface area (Å²) in [5, 5.41) is 19.3. The van der Waals surface area contributed by atoms with E-state index in [0.29, 0.717) is 12.8 Å². The zero-order valence-electron chi connectivity index (χ0n) is 10.3. The number of carboxylic acids is 1. The van der Waals surface area contributed by atoms with Crippen molar-refractivity contribution >= 4 is 11.7 Å². The number of nitro benzene ring substituents is 1. The summed E-state index contributed by atoms with van der Waals surface area (Å²) < 4.78 is 45.4. The lowest BCUT2D eigenvalue weighted by Gasteiger charge is -2.10. The number of hydrogen-bond donors (Lipinski definition) is 1. The molecule has 0 saturated heterocycles. The van der Waals surface area contributed by atoms with Gasteiger partial charge in [-0.3, -0.25) is 10.1 Å². The summed E-state index contributed by atoms with van der Waals surface area (Å²) >= 11 is 0. The third kappa shape index (κ3) is 2.81. The summed E-state index contributed by atoms with van der Waals surface area (Å²) in [7, 11) is 0. The smallest absolute Gasteiger partial charge is 0.346 e. The predicted molar refractivity (Wildman–Crippen MR) is 60.3 cm³/mol. The highest BCUT2D eigenvalue weighted by molar-refractivity contribution is 5.93. The molecule has 0 atom stereocenters. The van der Waals surface area contributed by atoms with Gasteiger partial charge >= 0.3 is 11.7 Å². The van der Waals surface area contributed by atoms with E-state index in [9.17, 15) is 28.1 Å². The third-order valence-electron chi connectivity index (χ3n) is 2.40. The minimum atomic E-state index is -2.09. The first-order chi connectivity index (χ1) is 9.32. The fourth-order valence-electron chi connectivity index (χ4n) is 1.44. The van der Waals surface area contributed by atoms with Crippen LogP contribution in [0.1, 0.15) is 30.1 Å². The molecule has 0 aliphatic rings. The van der Waals surface area contributed by atoms with E-state index in [1.807, 2.05) is 0 Å². The molecule has 0 unspecified atom stereocenters. The number of hydrogen-bond acceptors (Lipinski definition) is 4. The van der Waals surface area contributed by atoms with E-state index in [1.54, 1.807) is 6.92 Å². The van der Waals surface area contributed by atoms with Gasteiger partial charge < -0.3 is 9.84 Å². The molecule has 0 aliphatic carbocycles. The van der Waals surface area contributed by atoms with Crippen LogP contribution in [-0.2, 0) is 0 Å². The summed E-state index contributed by atoms with van der Waals surface area (Å²) in [6, 6.07) is 0. The quantitative estimate of drug-likeness (QED) is 0.377. The third-order valence-corrected chi connectivity index (χ3v) is 2.40. The van der Waals surface area contributed by atoms with Gasteiger partial charge in [-0.25, -0.2) is 9.18 Å². The Morgan fingerprint density at radius 2 is 1.90 bits per heavy atom. The van der Waals surface area contributed by atoms with Gasteiger partial charge in [-0.2, -0.15) is 8.78 Å². The lowest BCUT2D eigenvalue weighted by atomic mass is 10.1. The summed E-state index contributed by atoms with van der Waals surface area (Å²) in [4.78, 5) is 19.9. The Kier molecular flexibility index (Phi) is 4.89. The number of halogens is 3. The van der Waals surface area contributed by atoms with Gasteiger partial charge in [-0.1, -0.05) is 13.3 Å². The van der Waals surface area contributed by atoms with Crippen LogP contribution in [-0.4, -0.2) is 22.6 Å². The number of carboxylic acid groups (broad SMARTS) is 1. The molecular formula is C11H10F3NO5. The second-order valence-electron chi connectivity index (χ2n) is 3.76. The molecule has 6 nitrogen and oxygen atoms in total. The van der Waals surface area contributed by atoms with E-state index in [2.05, 4.69) is 4.74 Å². The van der Waals surface area contributed by atoms with Crippen molar-refractivity contribution in [1.82, 2.24) is 0 Å². The number of aromatic carboxylic acids is 1. The Bertz CT molecular complexity index is 562. The fourth-order valence-corrected chi connectivity index (χ4v) is 1.44. The number of benzene rings is 1. The predicted octanol–water partition coefficient (Wildman–Crippen LogP) is 2.89. The van der Waals surface area contributed by atoms with E-state index in [0.717, 1.165) is 0 Å². The number of ether oxygens (including phenoxy) is 1. The molecule has 1 aromatic rings. The average molecular weight is 293 g/mol. The summed E-state index contributed by atoms with van der Waals surface area (Å²) in [6.45, 7) is 1.58. The molecule has 1 aromatic carbocycles. The van der Waals surface area contributed by atoms with Crippen molar-refractivity contribution in [3.05, 3.63) is 33.1 Å². The molecule has 0 spiro atoms. The number of carbonyl (C=O) groups is 1. The van der Waals surface area contributed by atoms with Crippen LogP contribution in [0.25, 0.3) is 0 Å². The number of nitro groups is 1. The molecular weight excluding hydrogens is 283 g/mol. The second kappa shape index (κ2) is 6.22. The molecule has 0 radical (unpaired) electrons. The normalized spacial score (nSPS) is 10.4. The molecule has 0 heterocycles. The Labute approximate surface area is 110 Å². The topological polar surface area (TPSA) is 89.7 Å². The molecule has 0 saturated carbocycles. The van der Waals surface area contributed by atoms with Crippen LogP contribution in [0.5, 0.6) is 5.75 Å². The average Bonchev–Trinajstić information content (AvgIpc) is 2.36. The van der Waals surface area contributed by atoms with Crippen molar-refractivity contribution < 1.29 is 32.7 Å². The first kappa shape index (κ1) is 15.7. The number of rotatable bonds is 6. The van der Waals surface area contributed by atoms with Gasteiger partial charge in [-0.15, -0.1) is 0 Å². The second-order valence-corrected chi connectivity index (χ2v) is 3.76. The maximum Gasteiger partial charge on any atom is 0.346 e. The van der Waals surface area contributed by atoms with E-state index in [1.165, 1.54) is 0 Å². The molecule has 1 N–H and O–H groups in total. The molecule has 0 aromatic heterocycles. The lowest BCUT2D eigenvalue weighted by Crippen LogP contribution is -2.13. The van der Waals surface area contributed by atoms with E-state index in [4.69, 9.17) is 5.11 Å². The van der Waals surface area contributed by atoms with Gasteiger partial charge in [0.25, 0.3) is 0 Å². The highest BCUT2D eigenvalue weighted by Gasteiger charge is 2.36. The molecule has 0 fully saturated rings. The first-order valence-electron chi connectivity index (χ1n) is 5.53. The minimum absolute atomic E-state index is 0.180. The zero-order valence-corrected chi connectivity index (χ0v) is 10.3. The summed E-state index contributed by atoms with van der Waals surface area (Å²) in [5.74, 6) is -9.15. The minimum Gasteiger partial charge on any atom is -0.488 e. The molecule has 20 heavy (non-hydrogen) atoms. The Hall–Kier alpha value is -2.32. The van der Waals surface area contributed by atoms with Gasteiger partial charge in [0.1, 0.15) is 0 Å². The van der Waals surface area contributed by atoms with Crippen LogP contribution in [0.4, 0.5) is 18.9 Å². The van der Waals surface area contributed by atoms with Crippen molar-refractivity contribution in [2.75, 3.05) is 6.61 Å². The maximum atomic E-state index is 13.8. The van der Waals surface area contributed by atoms with E-state index >= 15 is 0 Å². The molecule has 110 valence electrons. The van der Waals surface area contributed by atoms with Crippen LogP contribution >= 0.6 is 0 Å². The monoisotopic (exact) mass is 293 g/mol. The Balaban J connectivity index is 3.49. The van der Waals surface area contributed by atoms with Crippen molar-refractivity contribution in [3.8, 4) is 5.75 Å². The zero-order chi connectivity index (χ0) is 15.4. The maximum absolute atomic E-state index is 13.8. The molecule has 0 bridgehead atoms. The first-order valence-corrected chi connectivity index (χ1v) is 5.53. The molecule has 9 heteroatoms. The Morgan fingerprint density at radius 3 is 2.35 bits per heavy atom. The molecule has 1 rings (SSSR count). The van der Waals surface area contributed by atoms with E-state index < -0.39 is 45.3 Å². The molecule has 0 amide bonds. The van der Waals surface area contributed by atoms with Crippen molar-refractivity contribution in [2.24, 2.45) is 0 Å². The summed E-state index contributed by atoms with van der Waals surface area (Å²) in [6.07, 6.45) is 1.00. The van der Waals surface area contributed by atoms with Gasteiger partial charge in [0.05, 0.1) is 11.5 Å². The standard InChI is InChI=1S/C11H10F3NO5/c1-2-3-4-20-10-6(12)5(11(16)17)9(15(18)19)7(13)8(10)14/h2-4H2,1H3,(H,16,17). The van der Waals surface area contributed by atoms with E-state index in [-0.39, 0.29) is 6.61 Å². The van der Waals surface area contributed by atoms with Crippen LogP contribution in [0, 0.1) is 27.6 Å². The fraction of sp³-hybridized carbons (Fsp3) is 0.364. The largest absolute Gasteiger partial charge is 0.488 e. The van der Waals surface area contributed by atoms with Crippen LogP contribution in [0.15, 0.2) is 0 Å². The highest BCUT2D eigenvalue weighted by atomic mass is 19.2. The van der Waals surface area contributed by atoms with Crippen LogP contribution < -0.4 is 4.74 Å². The van der Waals surface area contributed by atoms with Gasteiger partial charge in [0.2, 0.25) is 11.6 Å². The van der Waals surface area contributed by atoms with Crippen molar-refractivity contribution in [1.29, 1.82) is 0 Å². The van der Waals surface area contributed by atoms with Crippen LogP contribution in [0.3, 0.4) is 0 Å². The van der Waals surface area contributed by atoms with Crippen LogP contribution in [0.2, 0.25) is 0 Å². The Morgan fingerprint density at radius 1 is 1.30 bits per heavy atom.